The molecule has 110 valence electrons. The summed E-state index contributed by atoms with van der Waals surface area (Å²) in [5, 5.41) is 15.4. The molecule has 0 radical (unpaired) electrons. The van der Waals surface area contributed by atoms with Crippen LogP contribution in [0.1, 0.15) is 12.8 Å². The number of hydrogen-bond donors (Lipinski definition) is 2. The van der Waals surface area contributed by atoms with Crippen LogP contribution in [0.5, 0.6) is 0 Å². The monoisotopic (exact) mass is 303 g/mol. The van der Waals surface area contributed by atoms with E-state index in [1.54, 1.807) is 22.4 Å². The number of nitrogens with zero attached hydrogens (tertiary/aromatic N) is 2. The molecule has 1 aliphatic rings. The molecule has 1 atom stereocenters. The minimum Gasteiger partial charge on any atom is -0.391 e. The molecule has 0 spiro atoms. The Kier molecular flexibility index (Phi) is 4.17. The molecule has 0 aliphatic carbocycles. The molecule has 1 aliphatic heterocycles. The van der Waals surface area contributed by atoms with Gasteiger partial charge in [-0.3, -0.25) is 0 Å². The van der Waals surface area contributed by atoms with E-state index in [1.807, 2.05) is 29.6 Å². The first kappa shape index (κ1) is 14.0. The van der Waals surface area contributed by atoms with Gasteiger partial charge in [0.2, 0.25) is 0 Å². The fourth-order valence-corrected chi connectivity index (χ4v) is 3.05. The first-order valence-electron chi connectivity index (χ1n) is 6.96. The van der Waals surface area contributed by atoms with Gasteiger partial charge >= 0.3 is 6.03 Å². The van der Waals surface area contributed by atoms with Crippen LogP contribution in [0.2, 0.25) is 0 Å². The minimum absolute atomic E-state index is 0.157. The zero-order valence-electron chi connectivity index (χ0n) is 11.5. The van der Waals surface area contributed by atoms with Crippen LogP contribution in [0.3, 0.4) is 0 Å². The van der Waals surface area contributed by atoms with Crippen LogP contribution >= 0.6 is 11.3 Å². The molecule has 1 aromatic carbocycles. The van der Waals surface area contributed by atoms with Crippen LogP contribution in [0.4, 0.5) is 10.5 Å². The highest BCUT2D eigenvalue weighted by molar-refractivity contribution is 7.13. The molecule has 5 nitrogen and oxygen atoms in total. The van der Waals surface area contributed by atoms with Crippen LogP contribution in [-0.2, 0) is 0 Å². The number of nitrogens with one attached hydrogen (secondary N) is 1. The molecule has 0 saturated carbocycles. The van der Waals surface area contributed by atoms with Gasteiger partial charge in [-0.2, -0.15) is 0 Å². The molecule has 1 unspecified atom stereocenters. The molecule has 21 heavy (non-hydrogen) atoms. The third-order valence-electron chi connectivity index (χ3n) is 3.50. The average molecular weight is 303 g/mol. The second-order valence-electron chi connectivity index (χ2n) is 5.09. The summed E-state index contributed by atoms with van der Waals surface area (Å²) < 4.78 is 0. The predicted molar refractivity (Wildman–Crippen MR) is 83.4 cm³/mol. The number of β-amino-alcohol motifs (C(OH)–C–C–N with tert-alkyl or cyclic N) is 1. The van der Waals surface area contributed by atoms with E-state index < -0.39 is 6.10 Å². The third-order valence-corrected chi connectivity index (χ3v) is 4.32. The normalized spacial score (nSPS) is 18.5. The first-order valence-corrected chi connectivity index (χ1v) is 7.84. The lowest BCUT2D eigenvalue weighted by Crippen LogP contribution is -2.44. The van der Waals surface area contributed by atoms with Crippen molar-refractivity contribution in [2.75, 3.05) is 18.4 Å². The van der Waals surface area contributed by atoms with Crippen molar-refractivity contribution in [3.63, 3.8) is 0 Å². The van der Waals surface area contributed by atoms with Gasteiger partial charge in [0.1, 0.15) is 5.01 Å². The number of carbonyl (C=O) groups is 1. The molecule has 6 heteroatoms. The van der Waals surface area contributed by atoms with Crippen LogP contribution in [-0.4, -0.2) is 40.2 Å². The molecule has 0 bridgehead atoms. The van der Waals surface area contributed by atoms with Crippen molar-refractivity contribution >= 4 is 23.1 Å². The number of carbonyl (C=O) groups excluding carboxylic acids is 1. The van der Waals surface area contributed by atoms with Crippen molar-refractivity contribution in [2.24, 2.45) is 0 Å². The lowest BCUT2D eigenvalue weighted by Gasteiger charge is -2.30. The molecular weight excluding hydrogens is 286 g/mol. The van der Waals surface area contributed by atoms with Gasteiger partial charge in [0.05, 0.1) is 6.10 Å². The van der Waals surface area contributed by atoms with E-state index in [4.69, 9.17) is 0 Å². The van der Waals surface area contributed by atoms with Crippen molar-refractivity contribution in [1.82, 2.24) is 9.88 Å². The summed E-state index contributed by atoms with van der Waals surface area (Å²) >= 11 is 1.58. The maximum Gasteiger partial charge on any atom is 0.321 e. The fraction of sp³-hybridized carbons (Fsp3) is 0.333. The average Bonchev–Trinajstić information content (AvgIpc) is 3.02. The maximum atomic E-state index is 12.1. The Labute approximate surface area is 127 Å². The smallest absolute Gasteiger partial charge is 0.321 e. The van der Waals surface area contributed by atoms with Gasteiger partial charge in [-0.15, -0.1) is 11.3 Å². The highest BCUT2D eigenvalue weighted by Crippen LogP contribution is 2.23. The zero-order chi connectivity index (χ0) is 14.7. The Balaban J connectivity index is 1.63. The van der Waals surface area contributed by atoms with Crippen molar-refractivity contribution < 1.29 is 9.90 Å². The van der Waals surface area contributed by atoms with Gasteiger partial charge in [-0.1, -0.05) is 0 Å². The quantitative estimate of drug-likeness (QED) is 0.896. The Morgan fingerprint density at radius 3 is 2.86 bits per heavy atom. The Morgan fingerprint density at radius 1 is 1.38 bits per heavy atom. The van der Waals surface area contributed by atoms with E-state index in [-0.39, 0.29) is 6.03 Å². The van der Waals surface area contributed by atoms with Crippen LogP contribution < -0.4 is 5.32 Å². The van der Waals surface area contributed by atoms with Gasteiger partial charge in [0.15, 0.2) is 0 Å². The molecule has 3 rings (SSSR count). The van der Waals surface area contributed by atoms with Gasteiger partial charge in [0.25, 0.3) is 0 Å². The summed E-state index contributed by atoms with van der Waals surface area (Å²) in [6.45, 7) is 1.10. The molecule has 2 aromatic rings. The second kappa shape index (κ2) is 6.24. The second-order valence-corrected chi connectivity index (χ2v) is 5.98. The minimum atomic E-state index is -0.406. The zero-order valence-corrected chi connectivity index (χ0v) is 12.3. The number of benzene rings is 1. The van der Waals surface area contributed by atoms with Gasteiger partial charge in [-0.25, -0.2) is 9.78 Å². The Bertz CT molecular complexity index is 598. The van der Waals surface area contributed by atoms with E-state index in [0.29, 0.717) is 13.1 Å². The number of anilines is 1. The van der Waals surface area contributed by atoms with E-state index in [2.05, 4.69) is 10.3 Å². The number of aliphatic hydroxyl groups is 1. The predicted octanol–water partition coefficient (Wildman–Crippen LogP) is 2.80. The summed E-state index contributed by atoms with van der Waals surface area (Å²) in [4.78, 5) is 18.0. The number of urea groups is 1. The van der Waals surface area contributed by atoms with Crippen molar-refractivity contribution in [3.05, 3.63) is 35.8 Å². The molecule has 1 saturated heterocycles. The van der Waals surface area contributed by atoms with Crippen LogP contribution in [0.15, 0.2) is 35.8 Å². The van der Waals surface area contributed by atoms with Crippen molar-refractivity contribution in [1.29, 1.82) is 0 Å². The highest BCUT2D eigenvalue weighted by atomic mass is 32.1. The lowest BCUT2D eigenvalue weighted by molar-refractivity contribution is 0.0883. The summed E-state index contributed by atoms with van der Waals surface area (Å²) in [5.41, 5.74) is 1.79. The molecule has 2 N–H and O–H groups in total. The summed E-state index contributed by atoms with van der Waals surface area (Å²) in [6, 6.07) is 7.47. The number of amides is 2. The van der Waals surface area contributed by atoms with Crippen LogP contribution in [0, 0.1) is 0 Å². The number of likely N-dealkylation sites (tertiary alicyclic amines) is 1. The fourth-order valence-electron chi connectivity index (χ4n) is 2.40. The van der Waals surface area contributed by atoms with E-state index in [0.717, 1.165) is 29.1 Å². The molecule has 1 fully saturated rings. The molecule has 2 amide bonds. The van der Waals surface area contributed by atoms with E-state index in [9.17, 15) is 9.90 Å². The first-order chi connectivity index (χ1) is 10.2. The molecule has 2 heterocycles. The molecule has 1 aromatic heterocycles. The summed E-state index contributed by atoms with van der Waals surface area (Å²) in [6.07, 6.45) is 2.98. The van der Waals surface area contributed by atoms with Gasteiger partial charge in [-0.05, 0) is 37.1 Å². The largest absolute Gasteiger partial charge is 0.391 e. The van der Waals surface area contributed by atoms with Crippen molar-refractivity contribution in [2.45, 2.75) is 18.9 Å². The number of piperidine rings is 1. The number of hydrogen-bond acceptors (Lipinski definition) is 4. The third kappa shape index (κ3) is 3.40. The Morgan fingerprint density at radius 2 is 2.19 bits per heavy atom. The standard InChI is InChI=1S/C15H17N3O2S/c19-13-2-1-8-18(10-13)15(20)17-12-5-3-11(4-6-12)14-16-7-9-21-14/h3-7,9,13,19H,1-2,8,10H2,(H,17,20). The van der Waals surface area contributed by atoms with Crippen LogP contribution in [0.25, 0.3) is 10.6 Å². The highest BCUT2D eigenvalue weighted by Gasteiger charge is 2.21. The van der Waals surface area contributed by atoms with Crippen molar-refractivity contribution in [3.8, 4) is 10.6 Å². The topological polar surface area (TPSA) is 65.5 Å². The van der Waals surface area contributed by atoms with E-state index in [1.165, 1.54) is 0 Å². The lowest BCUT2D eigenvalue weighted by atomic mass is 10.1. The van der Waals surface area contributed by atoms with E-state index >= 15 is 0 Å². The molecular formula is C15H17N3O2S. The number of aliphatic hydroxyl groups excluding tert-OH is 1. The SMILES string of the molecule is O=C(Nc1ccc(-c2nccs2)cc1)N1CCCC(O)C1. The maximum absolute atomic E-state index is 12.1. The summed E-state index contributed by atoms with van der Waals surface area (Å²) in [5.74, 6) is 0. The number of rotatable bonds is 2. The summed E-state index contributed by atoms with van der Waals surface area (Å²) in [7, 11) is 0. The number of thiazole rings is 1. The van der Waals surface area contributed by atoms with Gasteiger partial charge < -0.3 is 15.3 Å². The number of aromatic nitrogens is 1. The Hall–Kier alpha value is -1.92. The van der Waals surface area contributed by atoms with Gasteiger partial charge in [0, 0.05) is 35.9 Å².